The Kier molecular flexibility index (Phi) is 4.25. The van der Waals surface area contributed by atoms with E-state index in [9.17, 15) is 14.0 Å². The van der Waals surface area contributed by atoms with Gasteiger partial charge in [0.05, 0.1) is 11.4 Å². The highest BCUT2D eigenvalue weighted by Gasteiger charge is 2.17. The molecule has 2 aromatic heterocycles. The lowest BCUT2D eigenvalue weighted by Crippen LogP contribution is -2.12. The lowest BCUT2D eigenvalue weighted by molar-refractivity contribution is -0.114. The number of imidazole rings is 1. The number of nitrogens with one attached hydrogen (secondary N) is 2. The maximum Gasteiger partial charge on any atom is 0.284 e. The van der Waals surface area contributed by atoms with Crippen LogP contribution in [0.5, 0.6) is 0 Å². The summed E-state index contributed by atoms with van der Waals surface area (Å²) in [6.45, 7) is 1.37. The molecule has 0 unspecified atom stereocenters. The second kappa shape index (κ2) is 6.52. The molecule has 3 aromatic rings. The molecular weight excluding hydrogens is 325 g/mol. The number of carbonyl (C=O) groups is 2. The van der Waals surface area contributed by atoms with E-state index in [0.717, 1.165) is 0 Å². The molecule has 7 nitrogen and oxygen atoms in total. The van der Waals surface area contributed by atoms with E-state index in [-0.39, 0.29) is 17.5 Å². The van der Waals surface area contributed by atoms with Crippen LogP contribution in [0.25, 0.3) is 22.5 Å². The summed E-state index contributed by atoms with van der Waals surface area (Å²) in [4.78, 5) is 33.8. The molecule has 0 fully saturated rings. The van der Waals surface area contributed by atoms with Crippen LogP contribution in [0.3, 0.4) is 0 Å². The van der Waals surface area contributed by atoms with Gasteiger partial charge in [-0.15, -0.1) is 0 Å². The number of amides is 2. The molecule has 0 radical (unpaired) electrons. The number of pyridine rings is 1. The van der Waals surface area contributed by atoms with Crippen molar-refractivity contribution in [1.82, 2.24) is 15.0 Å². The number of nitrogens with zero attached hydrogens (tertiary/aromatic N) is 2. The first-order valence-corrected chi connectivity index (χ1v) is 7.34. The lowest BCUT2D eigenvalue weighted by Gasteiger charge is -2.06. The molecule has 2 amide bonds. The van der Waals surface area contributed by atoms with Crippen molar-refractivity contribution in [3.8, 4) is 22.5 Å². The summed E-state index contributed by atoms with van der Waals surface area (Å²) in [6.07, 6.45) is 1.51. The monoisotopic (exact) mass is 339 g/mol. The number of anilines is 1. The van der Waals surface area contributed by atoms with E-state index in [4.69, 9.17) is 5.73 Å². The topological polar surface area (TPSA) is 114 Å². The minimum absolute atomic E-state index is 0.0211. The number of aromatic nitrogens is 3. The fourth-order valence-electron chi connectivity index (χ4n) is 2.35. The molecule has 0 bridgehead atoms. The number of H-pyrrole nitrogens is 1. The summed E-state index contributed by atoms with van der Waals surface area (Å²) in [6, 6.07) is 9.03. The zero-order valence-electron chi connectivity index (χ0n) is 13.2. The Morgan fingerprint density at radius 2 is 1.88 bits per heavy atom. The number of aromatic amines is 1. The second-order valence-corrected chi connectivity index (χ2v) is 5.29. The first-order chi connectivity index (χ1) is 11.9. The minimum atomic E-state index is -0.717. The number of nitrogens with two attached hydrogens (primary N) is 1. The number of benzene rings is 1. The molecule has 0 saturated carbocycles. The Labute approximate surface area is 142 Å². The van der Waals surface area contributed by atoms with Crippen LogP contribution in [0.15, 0.2) is 42.6 Å². The average molecular weight is 339 g/mol. The van der Waals surface area contributed by atoms with Crippen LogP contribution in [-0.4, -0.2) is 26.8 Å². The predicted molar refractivity (Wildman–Crippen MR) is 90.0 cm³/mol. The van der Waals surface area contributed by atoms with Gasteiger partial charge in [-0.25, -0.2) is 14.4 Å². The average Bonchev–Trinajstić information content (AvgIpc) is 3.01. The Bertz CT molecular complexity index is 950. The third-order valence-electron chi connectivity index (χ3n) is 3.41. The lowest BCUT2D eigenvalue weighted by atomic mass is 10.1. The van der Waals surface area contributed by atoms with Crippen LogP contribution < -0.4 is 11.1 Å². The van der Waals surface area contributed by atoms with Gasteiger partial charge in [0, 0.05) is 24.2 Å². The molecule has 126 valence electrons. The molecule has 0 atom stereocenters. The second-order valence-electron chi connectivity index (χ2n) is 5.29. The van der Waals surface area contributed by atoms with Crippen molar-refractivity contribution in [3.63, 3.8) is 0 Å². The molecule has 1 aromatic carbocycles. The SMILES string of the molecule is CC(=O)Nc1cc(-c2nc(C(N)=O)[nH]c2-c2ccc(F)cc2)ccn1. The van der Waals surface area contributed by atoms with Crippen LogP contribution in [-0.2, 0) is 4.79 Å². The van der Waals surface area contributed by atoms with Gasteiger partial charge in [-0.1, -0.05) is 0 Å². The third-order valence-corrected chi connectivity index (χ3v) is 3.41. The standard InChI is InChI=1S/C17H14FN5O2/c1-9(24)21-13-8-11(6-7-20-13)15-14(22-17(23-15)16(19)25)10-2-4-12(18)5-3-10/h2-8H,1H3,(H2,19,25)(H,22,23)(H,20,21,24). The first kappa shape index (κ1) is 16.3. The van der Waals surface area contributed by atoms with Crippen LogP contribution in [0.2, 0.25) is 0 Å². The van der Waals surface area contributed by atoms with Gasteiger partial charge in [0.15, 0.2) is 5.82 Å². The molecule has 8 heteroatoms. The van der Waals surface area contributed by atoms with Gasteiger partial charge in [-0.05, 0) is 36.4 Å². The van der Waals surface area contributed by atoms with Crippen LogP contribution >= 0.6 is 0 Å². The number of carbonyl (C=O) groups excluding carboxylic acids is 2. The molecule has 25 heavy (non-hydrogen) atoms. The number of hydrogen-bond acceptors (Lipinski definition) is 4. The van der Waals surface area contributed by atoms with E-state index >= 15 is 0 Å². The fraction of sp³-hybridized carbons (Fsp3) is 0.0588. The van der Waals surface area contributed by atoms with Crippen molar-refractivity contribution in [2.24, 2.45) is 5.73 Å². The van der Waals surface area contributed by atoms with Crippen LogP contribution in [0.4, 0.5) is 10.2 Å². The predicted octanol–water partition coefficient (Wildman–Crippen LogP) is 2.34. The first-order valence-electron chi connectivity index (χ1n) is 7.34. The largest absolute Gasteiger partial charge is 0.363 e. The van der Waals surface area contributed by atoms with E-state index in [1.807, 2.05) is 0 Å². The number of rotatable bonds is 4. The minimum Gasteiger partial charge on any atom is -0.363 e. The van der Waals surface area contributed by atoms with Crippen molar-refractivity contribution in [2.75, 3.05) is 5.32 Å². The van der Waals surface area contributed by atoms with Crippen molar-refractivity contribution >= 4 is 17.6 Å². The summed E-state index contributed by atoms with van der Waals surface area (Å²) in [7, 11) is 0. The highest BCUT2D eigenvalue weighted by molar-refractivity contribution is 5.93. The van der Waals surface area contributed by atoms with E-state index < -0.39 is 5.91 Å². The summed E-state index contributed by atoms with van der Waals surface area (Å²) >= 11 is 0. The molecule has 4 N–H and O–H groups in total. The highest BCUT2D eigenvalue weighted by atomic mass is 19.1. The van der Waals surface area contributed by atoms with Gasteiger partial charge in [-0.3, -0.25) is 9.59 Å². The number of halogens is 1. The van der Waals surface area contributed by atoms with Gasteiger partial charge in [0.2, 0.25) is 5.91 Å². The molecule has 0 aliphatic heterocycles. The molecule has 0 spiro atoms. The summed E-state index contributed by atoms with van der Waals surface area (Å²) in [5, 5.41) is 2.58. The highest BCUT2D eigenvalue weighted by Crippen LogP contribution is 2.31. The van der Waals surface area contributed by atoms with Crippen molar-refractivity contribution in [2.45, 2.75) is 6.92 Å². The van der Waals surface area contributed by atoms with E-state index in [1.54, 1.807) is 24.3 Å². The zero-order valence-corrected chi connectivity index (χ0v) is 13.2. The fourth-order valence-corrected chi connectivity index (χ4v) is 2.35. The van der Waals surface area contributed by atoms with Crippen LogP contribution in [0.1, 0.15) is 17.5 Å². The molecule has 3 rings (SSSR count). The quantitative estimate of drug-likeness (QED) is 0.677. The van der Waals surface area contributed by atoms with Gasteiger partial charge >= 0.3 is 0 Å². The van der Waals surface area contributed by atoms with Gasteiger partial charge in [0.1, 0.15) is 11.6 Å². The maximum atomic E-state index is 13.2. The van der Waals surface area contributed by atoms with Gasteiger partial charge in [0.25, 0.3) is 5.91 Å². The van der Waals surface area contributed by atoms with Crippen molar-refractivity contribution < 1.29 is 14.0 Å². The Morgan fingerprint density at radius 1 is 1.16 bits per heavy atom. The normalized spacial score (nSPS) is 10.5. The van der Waals surface area contributed by atoms with Crippen molar-refractivity contribution in [3.05, 3.63) is 54.2 Å². The summed E-state index contributed by atoms with van der Waals surface area (Å²) in [5.74, 6) is -1.03. The van der Waals surface area contributed by atoms with Gasteiger partial charge < -0.3 is 16.0 Å². The van der Waals surface area contributed by atoms with Crippen LogP contribution in [0, 0.1) is 5.82 Å². The Hall–Kier alpha value is -3.55. The Morgan fingerprint density at radius 3 is 2.52 bits per heavy atom. The van der Waals surface area contributed by atoms with E-state index in [0.29, 0.717) is 28.3 Å². The van der Waals surface area contributed by atoms with E-state index in [2.05, 4.69) is 20.3 Å². The summed E-state index contributed by atoms with van der Waals surface area (Å²) in [5.41, 5.74) is 7.50. The zero-order chi connectivity index (χ0) is 18.0. The number of hydrogen-bond donors (Lipinski definition) is 3. The molecule has 0 saturated heterocycles. The summed E-state index contributed by atoms with van der Waals surface area (Å²) < 4.78 is 13.2. The molecular formula is C17H14FN5O2. The Balaban J connectivity index is 2.13. The maximum absolute atomic E-state index is 13.2. The molecule has 2 heterocycles. The van der Waals surface area contributed by atoms with E-state index in [1.165, 1.54) is 25.3 Å². The molecule has 0 aliphatic carbocycles. The smallest absolute Gasteiger partial charge is 0.284 e. The third kappa shape index (κ3) is 3.52. The molecule has 0 aliphatic rings. The van der Waals surface area contributed by atoms with Gasteiger partial charge in [-0.2, -0.15) is 0 Å². The number of primary amides is 1. The van der Waals surface area contributed by atoms with Crippen molar-refractivity contribution in [1.29, 1.82) is 0 Å².